The number of piperidine rings is 1. The van der Waals surface area contributed by atoms with Crippen LogP contribution in [0.1, 0.15) is 33.1 Å². The van der Waals surface area contributed by atoms with Crippen molar-refractivity contribution >= 4 is 5.91 Å². The molecule has 1 saturated carbocycles. The highest BCUT2D eigenvalue weighted by molar-refractivity contribution is 5.84. The molecule has 3 aliphatic rings. The normalized spacial score (nSPS) is 41.9. The number of nitriles is 1. The first-order valence-corrected chi connectivity index (χ1v) is 7.08. The average Bonchev–Trinajstić information content (AvgIpc) is 2.82. The summed E-state index contributed by atoms with van der Waals surface area (Å²) in [5.41, 5.74) is 0. The topological polar surface area (TPSA) is 56.1 Å². The zero-order chi connectivity index (χ0) is 12.9. The Labute approximate surface area is 108 Å². The zero-order valence-electron chi connectivity index (χ0n) is 11.1. The van der Waals surface area contributed by atoms with Gasteiger partial charge >= 0.3 is 0 Å². The lowest BCUT2D eigenvalue weighted by Gasteiger charge is -2.30. The van der Waals surface area contributed by atoms with E-state index in [2.05, 4.69) is 25.2 Å². The SMILES string of the molecule is CC(C)C1CCN[C@@H]1C(=O)N1[C@H](C#N)CC2C[C@@H]21. The van der Waals surface area contributed by atoms with E-state index in [1.54, 1.807) is 0 Å². The molecular weight excluding hydrogens is 226 g/mol. The maximum absolute atomic E-state index is 12.7. The van der Waals surface area contributed by atoms with Crippen LogP contribution in [0.5, 0.6) is 0 Å². The van der Waals surface area contributed by atoms with Gasteiger partial charge in [0.25, 0.3) is 0 Å². The van der Waals surface area contributed by atoms with Gasteiger partial charge in [0.15, 0.2) is 0 Å². The molecule has 98 valence electrons. The van der Waals surface area contributed by atoms with Gasteiger partial charge in [-0.2, -0.15) is 5.26 Å². The number of carbonyl (C=O) groups excluding carboxylic acids is 1. The molecular formula is C14H21N3O. The van der Waals surface area contributed by atoms with Gasteiger partial charge in [0, 0.05) is 6.04 Å². The molecule has 3 fully saturated rings. The Balaban J connectivity index is 1.76. The monoisotopic (exact) mass is 247 g/mol. The molecule has 18 heavy (non-hydrogen) atoms. The van der Waals surface area contributed by atoms with Crippen LogP contribution in [0, 0.1) is 29.1 Å². The standard InChI is InChI=1S/C14H21N3O/c1-8(2)11-3-4-16-13(11)14(18)17-10(7-15)5-9-6-12(9)17/h8-13,16H,3-6H2,1-2H3/t9?,10-,11?,12-,13-/m0/s1. The number of nitrogens with one attached hydrogen (secondary N) is 1. The zero-order valence-corrected chi connectivity index (χ0v) is 11.1. The van der Waals surface area contributed by atoms with Crippen molar-refractivity contribution in [1.82, 2.24) is 10.2 Å². The van der Waals surface area contributed by atoms with Crippen LogP contribution >= 0.6 is 0 Å². The Bertz CT molecular complexity index is 400. The first kappa shape index (κ1) is 12.0. The highest BCUT2D eigenvalue weighted by Gasteiger charge is 2.55. The Kier molecular flexibility index (Phi) is 2.82. The first-order chi connectivity index (χ1) is 8.63. The number of carbonyl (C=O) groups is 1. The van der Waals surface area contributed by atoms with Crippen molar-refractivity contribution in [2.24, 2.45) is 17.8 Å². The maximum Gasteiger partial charge on any atom is 0.241 e. The molecule has 1 N–H and O–H groups in total. The molecule has 4 nitrogen and oxygen atoms in total. The lowest BCUT2D eigenvalue weighted by molar-refractivity contribution is -0.135. The Morgan fingerprint density at radius 1 is 1.44 bits per heavy atom. The van der Waals surface area contributed by atoms with Crippen LogP contribution in [-0.2, 0) is 4.79 Å². The Morgan fingerprint density at radius 2 is 2.22 bits per heavy atom. The molecule has 0 bridgehead atoms. The van der Waals surface area contributed by atoms with Crippen molar-refractivity contribution in [3.63, 3.8) is 0 Å². The number of rotatable bonds is 2. The number of amides is 1. The minimum Gasteiger partial charge on any atom is -0.322 e. The highest BCUT2D eigenvalue weighted by Crippen LogP contribution is 2.48. The molecule has 0 radical (unpaired) electrons. The molecule has 5 atom stereocenters. The quantitative estimate of drug-likeness (QED) is 0.796. The first-order valence-electron chi connectivity index (χ1n) is 7.08. The van der Waals surface area contributed by atoms with Crippen LogP contribution in [0.15, 0.2) is 0 Å². The van der Waals surface area contributed by atoms with E-state index in [0.717, 1.165) is 25.8 Å². The second-order valence-electron chi connectivity index (χ2n) is 6.32. The number of fused-ring (bicyclic) bond motifs is 1. The van der Waals surface area contributed by atoms with E-state index in [1.807, 2.05) is 4.90 Å². The predicted molar refractivity (Wildman–Crippen MR) is 67.5 cm³/mol. The number of hydrogen-bond acceptors (Lipinski definition) is 3. The number of nitrogens with zero attached hydrogens (tertiary/aromatic N) is 2. The van der Waals surface area contributed by atoms with Crippen molar-refractivity contribution in [1.29, 1.82) is 5.26 Å². The molecule has 2 heterocycles. The molecule has 0 aromatic heterocycles. The summed E-state index contributed by atoms with van der Waals surface area (Å²) in [6, 6.07) is 2.45. The Morgan fingerprint density at radius 3 is 2.89 bits per heavy atom. The second kappa shape index (κ2) is 4.24. The average molecular weight is 247 g/mol. The van der Waals surface area contributed by atoms with Gasteiger partial charge in [0.1, 0.15) is 6.04 Å². The van der Waals surface area contributed by atoms with E-state index in [-0.39, 0.29) is 18.0 Å². The lowest BCUT2D eigenvalue weighted by Crippen LogP contribution is -2.50. The minimum atomic E-state index is -0.170. The van der Waals surface area contributed by atoms with E-state index < -0.39 is 0 Å². The molecule has 0 aromatic carbocycles. The third-order valence-electron chi connectivity index (χ3n) is 4.90. The number of hydrogen-bond donors (Lipinski definition) is 1. The summed E-state index contributed by atoms with van der Waals surface area (Å²) >= 11 is 0. The van der Waals surface area contributed by atoms with E-state index in [9.17, 15) is 10.1 Å². The summed E-state index contributed by atoms with van der Waals surface area (Å²) in [4.78, 5) is 14.6. The fourth-order valence-corrected chi connectivity index (χ4v) is 3.76. The fourth-order valence-electron chi connectivity index (χ4n) is 3.76. The summed E-state index contributed by atoms with van der Waals surface area (Å²) in [6.45, 7) is 5.30. The second-order valence-corrected chi connectivity index (χ2v) is 6.32. The van der Waals surface area contributed by atoms with Crippen molar-refractivity contribution in [2.75, 3.05) is 6.54 Å². The summed E-state index contributed by atoms with van der Waals surface area (Å²) in [5, 5.41) is 12.5. The molecule has 3 rings (SSSR count). The van der Waals surface area contributed by atoms with Gasteiger partial charge in [-0.1, -0.05) is 13.8 Å². The van der Waals surface area contributed by atoms with E-state index in [1.165, 1.54) is 0 Å². The third kappa shape index (κ3) is 1.73. The summed E-state index contributed by atoms with van der Waals surface area (Å²) < 4.78 is 0. The molecule has 1 amide bonds. The summed E-state index contributed by atoms with van der Waals surface area (Å²) in [6.07, 6.45) is 3.09. The summed E-state index contributed by atoms with van der Waals surface area (Å²) in [7, 11) is 0. The van der Waals surface area contributed by atoms with Gasteiger partial charge in [-0.3, -0.25) is 4.79 Å². The van der Waals surface area contributed by atoms with Crippen LogP contribution < -0.4 is 5.32 Å². The molecule has 1 aliphatic carbocycles. The van der Waals surface area contributed by atoms with Gasteiger partial charge in [-0.05, 0) is 43.6 Å². The van der Waals surface area contributed by atoms with Crippen molar-refractivity contribution < 1.29 is 4.79 Å². The van der Waals surface area contributed by atoms with Gasteiger partial charge < -0.3 is 10.2 Å². The molecule has 2 saturated heterocycles. The molecule has 0 aromatic rings. The Hall–Kier alpha value is -1.08. The van der Waals surface area contributed by atoms with Crippen LogP contribution in [0.2, 0.25) is 0 Å². The van der Waals surface area contributed by atoms with Crippen molar-refractivity contribution in [3.8, 4) is 6.07 Å². The predicted octanol–water partition coefficient (Wildman–Crippen LogP) is 1.13. The van der Waals surface area contributed by atoms with Crippen molar-refractivity contribution in [3.05, 3.63) is 0 Å². The molecule has 0 spiro atoms. The van der Waals surface area contributed by atoms with E-state index in [4.69, 9.17) is 0 Å². The molecule has 2 unspecified atom stereocenters. The number of likely N-dealkylation sites (tertiary alicyclic amines) is 1. The minimum absolute atomic E-state index is 0.0554. The third-order valence-corrected chi connectivity index (χ3v) is 4.90. The van der Waals surface area contributed by atoms with Crippen LogP contribution in [0.3, 0.4) is 0 Å². The summed E-state index contributed by atoms with van der Waals surface area (Å²) in [5.74, 6) is 1.74. The lowest BCUT2D eigenvalue weighted by atomic mass is 9.88. The van der Waals surface area contributed by atoms with Crippen LogP contribution in [0.25, 0.3) is 0 Å². The van der Waals surface area contributed by atoms with Crippen LogP contribution in [-0.4, -0.2) is 35.5 Å². The van der Waals surface area contributed by atoms with Gasteiger partial charge in [-0.15, -0.1) is 0 Å². The van der Waals surface area contributed by atoms with Crippen molar-refractivity contribution in [2.45, 2.75) is 51.2 Å². The van der Waals surface area contributed by atoms with E-state index >= 15 is 0 Å². The maximum atomic E-state index is 12.7. The van der Waals surface area contributed by atoms with Gasteiger partial charge in [-0.25, -0.2) is 0 Å². The smallest absolute Gasteiger partial charge is 0.241 e. The van der Waals surface area contributed by atoms with Gasteiger partial charge in [0.2, 0.25) is 5.91 Å². The molecule has 2 aliphatic heterocycles. The molecule has 4 heteroatoms. The van der Waals surface area contributed by atoms with Gasteiger partial charge in [0.05, 0.1) is 12.1 Å². The fraction of sp³-hybridized carbons (Fsp3) is 0.857. The largest absolute Gasteiger partial charge is 0.322 e. The van der Waals surface area contributed by atoms with Crippen LogP contribution in [0.4, 0.5) is 0 Å². The van der Waals surface area contributed by atoms with E-state index in [0.29, 0.717) is 23.8 Å². The highest BCUT2D eigenvalue weighted by atomic mass is 16.2.